The Bertz CT molecular complexity index is 299. The third kappa shape index (κ3) is 2.98. The molecule has 1 N–H and O–H groups in total. The van der Waals surface area contributed by atoms with Crippen LogP contribution in [0.2, 0.25) is 0 Å². The molecule has 0 spiro atoms. The first-order valence-corrected chi connectivity index (χ1v) is 4.89. The quantitative estimate of drug-likeness (QED) is 0.850. The molecule has 0 fully saturated rings. The van der Waals surface area contributed by atoms with Crippen molar-refractivity contribution in [2.75, 3.05) is 5.33 Å². The van der Waals surface area contributed by atoms with Crippen molar-refractivity contribution in [3.05, 3.63) is 18.0 Å². The molecule has 1 heterocycles. The van der Waals surface area contributed by atoms with Crippen molar-refractivity contribution in [2.45, 2.75) is 18.8 Å². The largest absolute Gasteiger partial charge is 0.419 e. The molecule has 1 unspecified atom stereocenters. The van der Waals surface area contributed by atoms with Gasteiger partial charge in [0.15, 0.2) is 0 Å². The van der Waals surface area contributed by atoms with Crippen LogP contribution in [0.15, 0.2) is 12.4 Å². The summed E-state index contributed by atoms with van der Waals surface area (Å²) >= 11 is 3.01. The van der Waals surface area contributed by atoms with Gasteiger partial charge < -0.3 is 5.11 Å². The predicted octanol–water partition coefficient (Wildman–Crippen LogP) is 1.66. The molecule has 0 bridgehead atoms. The molecule has 14 heavy (non-hydrogen) atoms. The highest BCUT2D eigenvalue weighted by Crippen LogP contribution is 2.28. The second-order valence-corrected chi connectivity index (χ2v) is 3.40. The lowest BCUT2D eigenvalue weighted by atomic mass is 10.3. The van der Waals surface area contributed by atoms with E-state index in [0.29, 0.717) is 5.33 Å². The first-order chi connectivity index (χ1) is 6.43. The standard InChI is InChI=1S/C7H8BrF3N2O/c8-1-6(14)4-13-3-5(2-12-13)7(9,10)11/h2-3,6,14H,1,4H2. The van der Waals surface area contributed by atoms with E-state index in [1.807, 2.05) is 0 Å². The summed E-state index contributed by atoms with van der Waals surface area (Å²) in [6.07, 6.45) is -3.51. The average molecular weight is 273 g/mol. The summed E-state index contributed by atoms with van der Waals surface area (Å²) in [6, 6.07) is 0. The average Bonchev–Trinajstić information content (AvgIpc) is 2.51. The van der Waals surface area contributed by atoms with Gasteiger partial charge in [-0.3, -0.25) is 4.68 Å². The highest BCUT2D eigenvalue weighted by Gasteiger charge is 2.32. The fraction of sp³-hybridized carbons (Fsp3) is 0.571. The van der Waals surface area contributed by atoms with Crippen LogP contribution in [0.1, 0.15) is 5.56 Å². The summed E-state index contributed by atoms with van der Waals surface area (Å²) < 4.78 is 37.4. The molecular weight excluding hydrogens is 265 g/mol. The summed E-state index contributed by atoms with van der Waals surface area (Å²) in [4.78, 5) is 0. The third-order valence-corrected chi connectivity index (χ3v) is 2.28. The minimum atomic E-state index is -4.38. The summed E-state index contributed by atoms with van der Waals surface area (Å²) in [5, 5.41) is 12.9. The number of rotatable bonds is 3. The number of aliphatic hydroxyl groups excluding tert-OH is 1. The lowest BCUT2D eigenvalue weighted by molar-refractivity contribution is -0.137. The molecule has 0 aromatic carbocycles. The van der Waals surface area contributed by atoms with Gasteiger partial charge >= 0.3 is 6.18 Å². The number of nitrogens with zero attached hydrogens (tertiary/aromatic N) is 2. The molecule has 0 radical (unpaired) electrons. The van der Waals surface area contributed by atoms with Crippen LogP contribution < -0.4 is 0 Å². The molecule has 0 aliphatic rings. The smallest absolute Gasteiger partial charge is 0.390 e. The molecule has 3 nitrogen and oxygen atoms in total. The Hall–Kier alpha value is -0.560. The number of hydrogen-bond donors (Lipinski definition) is 1. The Labute approximate surface area is 86.7 Å². The number of alkyl halides is 4. The van der Waals surface area contributed by atoms with E-state index in [9.17, 15) is 13.2 Å². The summed E-state index contributed by atoms with van der Waals surface area (Å²) in [6.45, 7) is 0.0430. The third-order valence-electron chi connectivity index (χ3n) is 1.54. The summed E-state index contributed by atoms with van der Waals surface area (Å²) in [5.41, 5.74) is -0.806. The second-order valence-electron chi connectivity index (χ2n) is 2.76. The minimum Gasteiger partial charge on any atom is -0.390 e. The number of aliphatic hydroxyl groups is 1. The molecule has 0 aliphatic heterocycles. The molecular formula is C7H8BrF3N2O. The van der Waals surface area contributed by atoms with E-state index in [1.165, 1.54) is 0 Å². The normalized spacial score (nSPS) is 14.4. The topological polar surface area (TPSA) is 38.0 Å². The zero-order chi connectivity index (χ0) is 10.8. The molecule has 0 saturated heterocycles. The zero-order valence-electron chi connectivity index (χ0n) is 7.00. The second kappa shape index (κ2) is 4.31. The highest BCUT2D eigenvalue weighted by molar-refractivity contribution is 9.09. The van der Waals surface area contributed by atoms with Gasteiger partial charge in [0.1, 0.15) is 0 Å². The van der Waals surface area contributed by atoms with Gasteiger partial charge in [-0.2, -0.15) is 18.3 Å². The van der Waals surface area contributed by atoms with E-state index in [2.05, 4.69) is 21.0 Å². The van der Waals surface area contributed by atoms with E-state index in [-0.39, 0.29) is 6.54 Å². The highest BCUT2D eigenvalue weighted by atomic mass is 79.9. The maximum absolute atomic E-state index is 12.1. The van der Waals surface area contributed by atoms with Crippen LogP contribution in [-0.4, -0.2) is 26.3 Å². The van der Waals surface area contributed by atoms with Crippen LogP contribution in [0.25, 0.3) is 0 Å². The molecule has 1 atom stereocenters. The van der Waals surface area contributed by atoms with E-state index < -0.39 is 17.8 Å². The summed E-state index contributed by atoms with van der Waals surface area (Å²) in [5.74, 6) is 0. The van der Waals surface area contributed by atoms with Crippen molar-refractivity contribution in [3.63, 3.8) is 0 Å². The molecule has 0 amide bonds. The van der Waals surface area contributed by atoms with Gasteiger partial charge in [0.05, 0.1) is 24.4 Å². The summed E-state index contributed by atoms with van der Waals surface area (Å²) in [7, 11) is 0. The van der Waals surface area contributed by atoms with Crippen LogP contribution in [0, 0.1) is 0 Å². The van der Waals surface area contributed by atoms with E-state index in [4.69, 9.17) is 5.11 Å². The molecule has 1 aromatic rings. The lowest BCUT2D eigenvalue weighted by Gasteiger charge is -2.06. The van der Waals surface area contributed by atoms with Crippen molar-refractivity contribution >= 4 is 15.9 Å². The van der Waals surface area contributed by atoms with Crippen LogP contribution in [-0.2, 0) is 12.7 Å². The number of halogens is 4. The Morgan fingerprint density at radius 2 is 2.21 bits per heavy atom. The van der Waals surface area contributed by atoms with Crippen molar-refractivity contribution in [1.29, 1.82) is 0 Å². The van der Waals surface area contributed by atoms with Crippen molar-refractivity contribution in [1.82, 2.24) is 9.78 Å². The van der Waals surface area contributed by atoms with Crippen LogP contribution >= 0.6 is 15.9 Å². The van der Waals surface area contributed by atoms with Gasteiger partial charge in [-0.05, 0) is 0 Å². The molecule has 1 rings (SSSR count). The van der Waals surface area contributed by atoms with E-state index in [1.54, 1.807) is 0 Å². The Morgan fingerprint density at radius 3 is 2.64 bits per heavy atom. The van der Waals surface area contributed by atoms with Gasteiger partial charge in [-0.25, -0.2) is 0 Å². The van der Waals surface area contributed by atoms with Crippen LogP contribution in [0.4, 0.5) is 13.2 Å². The monoisotopic (exact) mass is 272 g/mol. The predicted molar refractivity (Wildman–Crippen MR) is 47.0 cm³/mol. The fourth-order valence-electron chi connectivity index (χ4n) is 0.875. The van der Waals surface area contributed by atoms with E-state index >= 15 is 0 Å². The number of aromatic nitrogens is 2. The van der Waals surface area contributed by atoms with Crippen molar-refractivity contribution < 1.29 is 18.3 Å². The van der Waals surface area contributed by atoms with E-state index in [0.717, 1.165) is 17.1 Å². The van der Waals surface area contributed by atoms with Gasteiger partial charge in [0.2, 0.25) is 0 Å². The molecule has 80 valence electrons. The van der Waals surface area contributed by atoms with Crippen molar-refractivity contribution in [2.24, 2.45) is 0 Å². The molecule has 7 heteroatoms. The zero-order valence-corrected chi connectivity index (χ0v) is 8.59. The molecule has 0 saturated carbocycles. The maximum atomic E-state index is 12.1. The Balaban J connectivity index is 2.69. The first kappa shape index (κ1) is 11.5. The van der Waals surface area contributed by atoms with Crippen LogP contribution in [0.5, 0.6) is 0 Å². The molecule has 1 aromatic heterocycles. The fourth-order valence-corrected chi connectivity index (χ4v) is 1.08. The van der Waals surface area contributed by atoms with Gasteiger partial charge in [0, 0.05) is 11.5 Å². The van der Waals surface area contributed by atoms with Gasteiger partial charge in [-0.1, -0.05) is 15.9 Å². The Morgan fingerprint density at radius 1 is 1.57 bits per heavy atom. The van der Waals surface area contributed by atoms with Gasteiger partial charge in [-0.15, -0.1) is 0 Å². The van der Waals surface area contributed by atoms with Crippen molar-refractivity contribution in [3.8, 4) is 0 Å². The first-order valence-electron chi connectivity index (χ1n) is 3.77. The number of hydrogen-bond acceptors (Lipinski definition) is 2. The lowest BCUT2D eigenvalue weighted by Crippen LogP contribution is -2.17. The van der Waals surface area contributed by atoms with Crippen LogP contribution in [0.3, 0.4) is 0 Å². The Kier molecular flexibility index (Phi) is 3.54. The SMILES string of the molecule is OC(CBr)Cn1cc(C(F)(F)F)cn1. The van der Waals surface area contributed by atoms with Gasteiger partial charge in [0.25, 0.3) is 0 Å². The maximum Gasteiger partial charge on any atom is 0.419 e. The minimum absolute atomic E-state index is 0.0430. The molecule has 0 aliphatic carbocycles.